The van der Waals surface area contributed by atoms with E-state index in [1.807, 2.05) is 30.3 Å². The van der Waals surface area contributed by atoms with Gasteiger partial charge in [0.15, 0.2) is 0 Å². The summed E-state index contributed by atoms with van der Waals surface area (Å²) in [5.41, 5.74) is 3.69. The Morgan fingerprint density at radius 2 is 2.06 bits per heavy atom. The normalized spacial score (nSPS) is 21.6. The third-order valence-electron chi connectivity index (χ3n) is 3.45. The lowest BCUT2D eigenvalue weighted by Gasteiger charge is -2.29. The summed E-state index contributed by atoms with van der Waals surface area (Å²) in [4.78, 5) is 6.88. The van der Waals surface area contributed by atoms with Gasteiger partial charge in [-0.05, 0) is 31.9 Å². The van der Waals surface area contributed by atoms with Crippen molar-refractivity contribution >= 4 is 11.6 Å². The van der Waals surface area contributed by atoms with Gasteiger partial charge in [0.25, 0.3) is 0 Å². The van der Waals surface area contributed by atoms with Crippen molar-refractivity contribution < 1.29 is 0 Å². The van der Waals surface area contributed by atoms with Crippen molar-refractivity contribution in [3.8, 4) is 0 Å². The van der Waals surface area contributed by atoms with Gasteiger partial charge in [-0.15, -0.1) is 0 Å². The quantitative estimate of drug-likeness (QED) is 0.346. The highest BCUT2D eigenvalue weighted by atomic mass is 15.4. The molecule has 18 heavy (non-hydrogen) atoms. The van der Waals surface area contributed by atoms with Crippen LogP contribution in [0.2, 0.25) is 0 Å². The van der Waals surface area contributed by atoms with Crippen molar-refractivity contribution in [2.75, 3.05) is 6.54 Å². The molecule has 1 fully saturated rings. The first-order valence-electron chi connectivity index (χ1n) is 6.68. The van der Waals surface area contributed by atoms with Crippen LogP contribution in [-0.2, 0) is 0 Å². The molecule has 0 radical (unpaired) electrons. The summed E-state index contributed by atoms with van der Waals surface area (Å²) in [5, 5.41) is 0. The molecule has 0 spiro atoms. The van der Waals surface area contributed by atoms with Gasteiger partial charge in [-0.1, -0.05) is 31.0 Å². The number of nitrogens with two attached hydrogens (primary N) is 1. The molecule has 0 bridgehead atoms. The Kier molecular flexibility index (Phi) is 4.59. The third-order valence-corrected chi connectivity index (χ3v) is 3.45. The first-order valence-corrected chi connectivity index (χ1v) is 6.68. The van der Waals surface area contributed by atoms with Gasteiger partial charge in [0.1, 0.15) is 0 Å². The second-order valence-electron chi connectivity index (χ2n) is 4.81. The Bertz CT molecular complexity index is 388. The summed E-state index contributed by atoms with van der Waals surface area (Å²) in [5.74, 6) is 6.42. The van der Waals surface area contributed by atoms with Gasteiger partial charge >= 0.3 is 0 Å². The molecule has 98 valence electrons. The minimum atomic E-state index is 0.492. The lowest BCUT2D eigenvalue weighted by Crippen LogP contribution is -2.48. The van der Waals surface area contributed by atoms with Crippen molar-refractivity contribution in [1.82, 2.24) is 10.3 Å². The Morgan fingerprint density at radius 3 is 2.78 bits per heavy atom. The number of nitrogens with one attached hydrogen (secondary N) is 1. The van der Waals surface area contributed by atoms with Crippen molar-refractivity contribution in [2.24, 2.45) is 10.8 Å². The Morgan fingerprint density at radius 1 is 1.28 bits per heavy atom. The molecule has 2 rings (SSSR count). The van der Waals surface area contributed by atoms with Crippen molar-refractivity contribution in [3.63, 3.8) is 0 Å². The van der Waals surface area contributed by atoms with E-state index in [0.29, 0.717) is 6.04 Å². The molecule has 1 atom stereocenters. The summed E-state index contributed by atoms with van der Waals surface area (Å²) < 4.78 is 0. The van der Waals surface area contributed by atoms with Crippen LogP contribution in [0.4, 0.5) is 5.69 Å². The van der Waals surface area contributed by atoms with E-state index >= 15 is 0 Å². The minimum absolute atomic E-state index is 0.492. The number of rotatable bonds is 1. The number of aliphatic imine (C=N–C) groups is 1. The third kappa shape index (κ3) is 3.23. The maximum atomic E-state index is 5.64. The van der Waals surface area contributed by atoms with Gasteiger partial charge in [0.2, 0.25) is 5.96 Å². The molecule has 1 heterocycles. The lowest BCUT2D eigenvalue weighted by molar-refractivity contribution is 0.325. The number of hydrogen-bond acceptors (Lipinski definition) is 2. The molecule has 4 nitrogen and oxygen atoms in total. The first-order chi connectivity index (χ1) is 8.81. The van der Waals surface area contributed by atoms with Crippen LogP contribution in [0.25, 0.3) is 0 Å². The molecule has 1 aliphatic heterocycles. The number of guanidine groups is 1. The van der Waals surface area contributed by atoms with Crippen LogP contribution >= 0.6 is 0 Å². The maximum Gasteiger partial charge on any atom is 0.213 e. The minimum Gasteiger partial charge on any atom is -0.339 e. The van der Waals surface area contributed by atoms with Gasteiger partial charge in [-0.25, -0.2) is 10.8 Å². The number of hydrazine groups is 1. The Balaban J connectivity index is 2.18. The highest BCUT2D eigenvalue weighted by Gasteiger charge is 2.19. The number of para-hydroxylation sites is 1. The smallest absolute Gasteiger partial charge is 0.213 e. The zero-order valence-electron chi connectivity index (χ0n) is 11.0. The molecular formula is C14H22N4. The van der Waals surface area contributed by atoms with Gasteiger partial charge in [0.05, 0.1) is 5.69 Å². The summed E-state index contributed by atoms with van der Waals surface area (Å²) in [6, 6.07) is 10.4. The Hall–Kier alpha value is -1.55. The van der Waals surface area contributed by atoms with Crippen LogP contribution in [0.1, 0.15) is 32.6 Å². The van der Waals surface area contributed by atoms with E-state index in [1.165, 1.54) is 25.7 Å². The standard InChI is InChI=1S/C14H22N4/c1-12-8-4-3-7-11-18(12)14(17-15)16-13-9-5-2-6-10-13/h2,5-6,9-10,12H,3-4,7-8,11,15H2,1H3,(H,16,17). The molecule has 1 unspecified atom stereocenters. The van der Waals surface area contributed by atoms with E-state index in [1.54, 1.807) is 0 Å². The molecule has 1 aromatic carbocycles. The summed E-state index contributed by atoms with van der Waals surface area (Å²) in [7, 11) is 0. The molecule has 1 aromatic rings. The van der Waals surface area contributed by atoms with E-state index in [0.717, 1.165) is 18.2 Å². The van der Waals surface area contributed by atoms with Crippen molar-refractivity contribution in [3.05, 3.63) is 30.3 Å². The fraction of sp³-hybridized carbons (Fsp3) is 0.500. The monoisotopic (exact) mass is 246 g/mol. The van der Waals surface area contributed by atoms with Gasteiger partial charge in [-0.2, -0.15) is 0 Å². The molecular weight excluding hydrogens is 224 g/mol. The second kappa shape index (κ2) is 6.40. The predicted molar refractivity (Wildman–Crippen MR) is 75.5 cm³/mol. The molecule has 0 saturated carbocycles. The van der Waals surface area contributed by atoms with E-state index in [4.69, 9.17) is 5.84 Å². The number of benzene rings is 1. The lowest BCUT2D eigenvalue weighted by atomic mass is 10.1. The maximum absolute atomic E-state index is 5.64. The SMILES string of the molecule is CC1CCCCCN1C(=Nc1ccccc1)NN. The number of hydrogen-bond donors (Lipinski definition) is 2. The van der Waals surface area contributed by atoms with Gasteiger partial charge in [0, 0.05) is 12.6 Å². The molecule has 0 aromatic heterocycles. The highest BCUT2D eigenvalue weighted by Crippen LogP contribution is 2.18. The molecule has 0 amide bonds. The predicted octanol–water partition coefficient (Wildman–Crippen LogP) is 2.40. The van der Waals surface area contributed by atoms with E-state index in [2.05, 4.69) is 22.2 Å². The van der Waals surface area contributed by atoms with Gasteiger partial charge in [-0.3, -0.25) is 5.43 Å². The topological polar surface area (TPSA) is 53.6 Å². The van der Waals surface area contributed by atoms with E-state index < -0.39 is 0 Å². The molecule has 4 heteroatoms. The second-order valence-corrected chi connectivity index (χ2v) is 4.81. The average molecular weight is 246 g/mol. The van der Waals surface area contributed by atoms with Crippen molar-refractivity contribution in [1.29, 1.82) is 0 Å². The zero-order valence-corrected chi connectivity index (χ0v) is 11.0. The van der Waals surface area contributed by atoms with E-state index in [-0.39, 0.29) is 0 Å². The molecule has 1 saturated heterocycles. The average Bonchev–Trinajstić information content (AvgIpc) is 2.62. The fourth-order valence-corrected chi connectivity index (χ4v) is 2.39. The molecule has 3 N–H and O–H groups in total. The van der Waals surface area contributed by atoms with Crippen LogP contribution in [-0.4, -0.2) is 23.4 Å². The van der Waals surface area contributed by atoms with E-state index in [9.17, 15) is 0 Å². The molecule has 1 aliphatic rings. The fourth-order valence-electron chi connectivity index (χ4n) is 2.39. The summed E-state index contributed by atoms with van der Waals surface area (Å²) in [6.45, 7) is 3.26. The zero-order chi connectivity index (χ0) is 12.8. The largest absolute Gasteiger partial charge is 0.339 e. The molecule has 0 aliphatic carbocycles. The summed E-state index contributed by atoms with van der Waals surface area (Å²) in [6.07, 6.45) is 5.00. The number of likely N-dealkylation sites (tertiary alicyclic amines) is 1. The van der Waals surface area contributed by atoms with Crippen LogP contribution in [0.15, 0.2) is 35.3 Å². The Labute approximate surface area is 109 Å². The highest BCUT2D eigenvalue weighted by molar-refractivity contribution is 5.82. The van der Waals surface area contributed by atoms with Crippen LogP contribution < -0.4 is 11.3 Å². The number of nitrogens with zero attached hydrogens (tertiary/aromatic N) is 2. The van der Waals surface area contributed by atoms with Crippen LogP contribution in [0.5, 0.6) is 0 Å². The first kappa shape index (κ1) is 12.9. The van der Waals surface area contributed by atoms with Gasteiger partial charge < -0.3 is 4.90 Å². The van der Waals surface area contributed by atoms with Crippen molar-refractivity contribution in [2.45, 2.75) is 38.6 Å². The van der Waals surface area contributed by atoms with Crippen LogP contribution in [0.3, 0.4) is 0 Å². The van der Waals surface area contributed by atoms with Crippen LogP contribution in [0, 0.1) is 0 Å². The summed E-state index contributed by atoms with van der Waals surface area (Å²) >= 11 is 0.